The minimum atomic E-state index is -0.427. The van der Waals surface area contributed by atoms with Crippen LogP contribution in [0.15, 0.2) is 36.7 Å². The van der Waals surface area contributed by atoms with Crippen molar-refractivity contribution in [2.45, 2.75) is 0 Å². The number of aromatic nitrogens is 3. The normalized spacial score (nSPS) is 10.8. The van der Waals surface area contributed by atoms with Gasteiger partial charge in [-0.25, -0.2) is 9.97 Å². The summed E-state index contributed by atoms with van der Waals surface area (Å²) in [6.07, 6.45) is 3.29. The maximum absolute atomic E-state index is 10.8. The SMILES string of the molecule is O=[N+]([O-])c1ccc2[nH]cc(-c3ccnc(Cl)n3)c2c1. The van der Waals surface area contributed by atoms with Crippen LogP contribution in [0.3, 0.4) is 0 Å². The van der Waals surface area contributed by atoms with E-state index in [1.54, 1.807) is 24.5 Å². The Bertz CT molecular complexity index is 784. The molecule has 0 atom stereocenters. The van der Waals surface area contributed by atoms with Crippen molar-refractivity contribution in [1.29, 1.82) is 0 Å². The smallest absolute Gasteiger partial charge is 0.270 e. The second kappa shape index (κ2) is 4.33. The lowest BCUT2D eigenvalue weighted by atomic mass is 10.1. The predicted molar refractivity (Wildman–Crippen MR) is 71.0 cm³/mol. The highest BCUT2D eigenvalue weighted by atomic mass is 35.5. The zero-order valence-electron chi connectivity index (χ0n) is 9.50. The molecule has 2 aromatic heterocycles. The lowest BCUT2D eigenvalue weighted by Crippen LogP contribution is -1.88. The Hall–Kier alpha value is -2.47. The molecule has 0 aliphatic rings. The van der Waals surface area contributed by atoms with Crippen LogP contribution < -0.4 is 0 Å². The van der Waals surface area contributed by atoms with Crippen LogP contribution in [0.5, 0.6) is 0 Å². The number of aromatic amines is 1. The highest BCUT2D eigenvalue weighted by Gasteiger charge is 2.12. The van der Waals surface area contributed by atoms with Crippen LogP contribution in [0.2, 0.25) is 5.28 Å². The molecule has 1 N–H and O–H groups in total. The third kappa shape index (κ3) is 2.02. The summed E-state index contributed by atoms with van der Waals surface area (Å²) in [5.74, 6) is 0. The number of halogens is 1. The van der Waals surface area contributed by atoms with Gasteiger partial charge in [-0.1, -0.05) is 0 Å². The van der Waals surface area contributed by atoms with Crippen molar-refractivity contribution in [2.24, 2.45) is 0 Å². The molecule has 2 heterocycles. The zero-order chi connectivity index (χ0) is 13.4. The topological polar surface area (TPSA) is 84.7 Å². The van der Waals surface area contributed by atoms with Gasteiger partial charge >= 0.3 is 0 Å². The third-order valence-electron chi connectivity index (χ3n) is 2.78. The fourth-order valence-corrected chi connectivity index (χ4v) is 2.07. The number of nitrogens with zero attached hydrogens (tertiary/aromatic N) is 3. The molecular formula is C12H7ClN4O2. The van der Waals surface area contributed by atoms with Gasteiger partial charge in [0, 0.05) is 41.0 Å². The van der Waals surface area contributed by atoms with Gasteiger partial charge in [0.1, 0.15) is 0 Å². The monoisotopic (exact) mass is 274 g/mol. The van der Waals surface area contributed by atoms with Gasteiger partial charge in [0.05, 0.1) is 10.6 Å². The number of non-ortho nitro benzene ring substituents is 1. The fraction of sp³-hybridized carbons (Fsp3) is 0. The summed E-state index contributed by atoms with van der Waals surface area (Å²) in [5.41, 5.74) is 2.21. The lowest BCUT2D eigenvalue weighted by molar-refractivity contribution is -0.384. The van der Waals surface area contributed by atoms with Gasteiger partial charge in [-0.05, 0) is 23.7 Å². The molecule has 1 aromatic carbocycles. The van der Waals surface area contributed by atoms with Crippen molar-refractivity contribution in [2.75, 3.05) is 0 Å². The van der Waals surface area contributed by atoms with Gasteiger partial charge in [0.2, 0.25) is 5.28 Å². The Kier molecular flexibility index (Phi) is 2.64. The quantitative estimate of drug-likeness (QED) is 0.442. The molecule has 7 heteroatoms. The van der Waals surface area contributed by atoms with Crippen molar-refractivity contribution in [3.05, 3.63) is 52.1 Å². The van der Waals surface area contributed by atoms with Crippen LogP contribution in [0.4, 0.5) is 5.69 Å². The first kappa shape index (κ1) is 11.6. The van der Waals surface area contributed by atoms with E-state index in [0.29, 0.717) is 5.69 Å². The Morgan fingerprint density at radius 2 is 2.16 bits per heavy atom. The predicted octanol–water partition coefficient (Wildman–Crippen LogP) is 3.19. The molecule has 19 heavy (non-hydrogen) atoms. The first-order valence-electron chi connectivity index (χ1n) is 5.39. The van der Waals surface area contributed by atoms with E-state index in [1.165, 1.54) is 12.1 Å². The van der Waals surface area contributed by atoms with Gasteiger partial charge in [-0.15, -0.1) is 0 Å². The fourth-order valence-electron chi connectivity index (χ4n) is 1.92. The number of benzene rings is 1. The molecule has 3 rings (SSSR count). The van der Waals surface area contributed by atoms with Gasteiger partial charge in [-0.2, -0.15) is 0 Å². The van der Waals surface area contributed by atoms with Crippen molar-refractivity contribution in [3.8, 4) is 11.3 Å². The number of nitrogens with one attached hydrogen (secondary N) is 1. The Morgan fingerprint density at radius 3 is 2.89 bits per heavy atom. The molecular weight excluding hydrogens is 268 g/mol. The van der Waals surface area contributed by atoms with Gasteiger partial charge in [0.25, 0.3) is 5.69 Å². The molecule has 0 aliphatic carbocycles. The summed E-state index contributed by atoms with van der Waals surface area (Å²) in [5, 5.41) is 11.7. The largest absolute Gasteiger partial charge is 0.360 e. The Morgan fingerprint density at radius 1 is 1.32 bits per heavy atom. The van der Waals surface area contributed by atoms with Crippen LogP contribution in [0.25, 0.3) is 22.2 Å². The third-order valence-corrected chi connectivity index (χ3v) is 2.96. The van der Waals surface area contributed by atoms with E-state index >= 15 is 0 Å². The van der Waals surface area contributed by atoms with Crippen molar-refractivity contribution < 1.29 is 4.92 Å². The van der Waals surface area contributed by atoms with Crippen LogP contribution in [-0.4, -0.2) is 19.9 Å². The van der Waals surface area contributed by atoms with E-state index in [1.807, 2.05) is 0 Å². The Balaban J connectivity index is 2.24. The molecule has 0 radical (unpaired) electrons. The number of H-pyrrole nitrogens is 1. The molecule has 0 unspecified atom stereocenters. The second-order valence-electron chi connectivity index (χ2n) is 3.90. The van der Waals surface area contributed by atoms with Gasteiger partial charge in [0.15, 0.2) is 0 Å². The number of hydrogen-bond donors (Lipinski definition) is 1. The number of fused-ring (bicyclic) bond motifs is 1. The number of rotatable bonds is 2. The van der Waals surface area contributed by atoms with E-state index in [0.717, 1.165) is 16.5 Å². The molecule has 6 nitrogen and oxygen atoms in total. The van der Waals surface area contributed by atoms with E-state index in [2.05, 4.69) is 15.0 Å². The minimum Gasteiger partial charge on any atom is -0.360 e. The van der Waals surface area contributed by atoms with Crippen LogP contribution in [-0.2, 0) is 0 Å². The highest BCUT2D eigenvalue weighted by Crippen LogP contribution is 2.30. The van der Waals surface area contributed by atoms with E-state index < -0.39 is 4.92 Å². The lowest BCUT2D eigenvalue weighted by Gasteiger charge is -1.99. The molecule has 0 bridgehead atoms. The summed E-state index contributed by atoms with van der Waals surface area (Å²) in [6.45, 7) is 0. The molecule has 94 valence electrons. The molecule has 0 fully saturated rings. The van der Waals surface area contributed by atoms with Crippen molar-refractivity contribution in [3.63, 3.8) is 0 Å². The van der Waals surface area contributed by atoms with Gasteiger partial charge < -0.3 is 4.98 Å². The standard InChI is InChI=1S/C12H7ClN4O2/c13-12-14-4-3-11(16-12)9-6-15-10-2-1-7(17(18)19)5-8(9)10/h1-6,15H. The zero-order valence-corrected chi connectivity index (χ0v) is 10.3. The highest BCUT2D eigenvalue weighted by molar-refractivity contribution is 6.28. The molecule has 0 saturated carbocycles. The molecule has 0 aliphatic heterocycles. The first-order chi connectivity index (χ1) is 9.15. The summed E-state index contributed by atoms with van der Waals surface area (Å²) < 4.78 is 0. The molecule has 0 saturated heterocycles. The average Bonchev–Trinajstić information content (AvgIpc) is 2.81. The van der Waals surface area contributed by atoms with Crippen LogP contribution in [0, 0.1) is 10.1 Å². The van der Waals surface area contributed by atoms with Crippen LogP contribution >= 0.6 is 11.6 Å². The average molecular weight is 275 g/mol. The summed E-state index contributed by atoms with van der Waals surface area (Å²) in [4.78, 5) is 21.4. The van der Waals surface area contributed by atoms with Crippen LogP contribution in [0.1, 0.15) is 0 Å². The van der Waals surface area contributed by atoms with Crippen molar-refractivity contribution in [1.82, 2.24) is 15.0 Å². The number of nitro groups is 1. The van der Waals surface area contributed by atoms with Gasteiger partial charge in [-0.3, -0.25) is 10.1 Å². The second-order valence-corrected chi connectivity index (χ2v) is 4.24. The van der Waals surface area contributed by atoms with Crippen molar-refractivity contribution >= 4 is 28.2 Å². The van der Waals surface area contributed by atoms with E-state index in [9.17, 15) is 10.1 Å². The summed E-state index contributed by atoms with van der Waals surface area (Å²) in [7, 11) is 0. The molecule has 3 aromatic rings. The number of nitro benzene ring substituents is 1. The molecule has 0 amide bonds. The number of hydrogen-bond acceptors (Lipinski definition) is 4. The maximum atomic E-state index is 10.8. The summed E-state index contributed by atoms with van der Waals surface area (Å²) >= 11 is 5.75. The van der Waals surface area contributed by atoms with E-state index in [4.69, 9.17) is 11.6 Å². The Labute approximate surface area is 112 Å². The minimum absolute atomic E-state index is 0.0357. The molecule has 0 spiro atoms. The first-order valence-corrected chi connectivity index (χ1v) is 5.77. The maximum Gasteiger partial charge on any atom is 0.270 e. The van der Waals surface area contributed by atoms with E-state index in [-0.39, 0.29) is 11.0 Å². The summed E-state index contributed by atoms with van der Waals surface area (Å²) in [6, 6.07) is 6.33.